The van der Waals surface area contributed by atoms with Gasteiger partial charge in [-0.1, -0.05) is 12.5 Å². The summed E-state index contributed by atoms with van der Waals surface area (Å²) in [5.74, 6) is -1.21. The van der Waals surface area contributed by atoms with Crippen molar-refractivity contribution in [1.29, 1.82) is 0 Å². The first kappa shape index (κ1) is 19.4. The van der Waals surface area contributed by atoms with E-state index in [1.165, 1.54) is 16.4 Å². The maximum Gasteiger partial charge on any atom is 0.303 e. The maximum atomic E-state index is 12.7. The lowest BCUT2D eigenvalue weighted by Crippen LogP contribution is -2.35. The number of rotatable bonds is 8. The van der Waals surface area contributed by atoms with Crippen LogP contribution in [0.5, 0.6) is 0 Å². The Morgan fingerprint density at radius 3 is 2.52 bits per heavy atom. The Morgan fingerprint density at radius 1 is 1.12 bits per heavy atom. The van der Waals surface area contributed by atoms with Crippen LogP contribution in [0.2, 0.25) is 0 Å². The zero-order valence-corrected chi connectivity index (χ0v) is 14.9. The largest absolute Gasteiger partial charge is 0.481 e. The van der Waals surface area contributed by atoms with E-state index in [0.29, 0.717) is 32.5 Å². The lowest BCUT2D eigenvalue weighted by atomic mass is 10.2. The van der Waals surface area contributed by atoms with Crippen LogP contribution in [0, 0.1) is 0 Å². The number of aliphatic carboxylic acids is 1. The fourth-order valence-electron chi connectivity index (χ4n) is 2.76. The number of benzene rings is 1. The van der Waals surface area contributed by atoms with E-state index in [9.17, 15) is 18.0 Å². The van der Waals surface area contributed by atoms with Gasteiger partial charge in [0.05, 0.1) is 4.90 Å². The fourth-order valence-corrected chi connectivity index (χ4v) is 4.32. The molecule has 0 aromatic heterocycles. The standard InChI is InChI=1S/C17H24N2O5S/c20-16(21)9-2-3-10-18-17(22)14-7-6-8-15(13-14)25(23,24)19-11-4-1-5-12-19/h6-8,13H,1-5,9-12H2,(H,18,22)(H,20,21). The molecular formula is C17H24N2O5S. The predicted octanol–water partition coefficient (Wildman–Crippen LogP) is 1.85. The Morgan fingerprint density at radius 2 is 1.84 bits per heavy atom. The van der Waals surface area contributed by atoms with E-state index >= 15 is 0 Å². The summed E-state index contributed by atoms with van der Waals surface area (Å²) in [6.07, 6.45) is 3.87. The molecule has 0 aliphatic carbocycles. The zero-order valence-electron chi connectivity index (χ0n) is 14.1. The maximum absolute atomic E-state index is 12.7. The molecule has 1 aliphatic heterocycles. The highest BCUT2D eigenvalue weighted by Gasteiger charge is 2.26. The molecule has 138 valence electrons. The van der Waals surface area contributed by atoms with Gasteiger partial charge in [-0.2, -0.15) is 4.31 Å². The minimum Gasteiger partial charge on any atom is -0.481 e. The molecule has 0 saturated carbocycles. The van der Waals surface area contributed by atoms with Crippen LogP contribution in [0.15, 0.2) is 29.2 Å². The summed E-state index contributed by atoms with van der Waals surface area (Å²) in [6, 6.07) is 6.04. The summed E-state index contributed by atoms with van der Waals surface area (Å²) >= 11 is 0. The number of nitrogens with zero attached hydrogens (tertiary/aromatic N) is 1. The van der Waals surface area contributed by atoms with Gasteiger partial charge >= 0.3 is 5.97 Å². The second-order valence-electron chi connectivity index (χ2n) is 6.10. The molecule has 0 radical (unpaired) electrons. The van der Waals surface area contributed by atoms with Crippen molar-refractivity contribution in [3.63, 3.8) is 0 Å². The van der Waals surface area contributed by atoms with Gasteiger partial charge in [0.1, 0.15) is 0 Å². The molecule has 7 nitrogen and oxygen atoms in total. The van der Waals surface area contributed by atoms with Crippen LogP contribution >= 0.6 is 0 Å². The molecule has 1 aromatic carbocycles. The average Bonchev–Trinajstić information content (AvgIpc) is 2.62. The van der Waals surface area contributed by atoms with Gasteiger partial charge < -0.3 is 10.4 Å². The number of carboxylic acids is 1. The fraction of sp³-hybridized carbons (Fsp3) is 0.529. The van der Waals surface area contributed by atoms with Gasteiger partial charge in [0, 0.05) is 31.6 Å². The Labute approximate surface area is 148 Å². The molecule has 0 atom stereocenters. The van der Waals surface area contributed by atoms with Crippen molar-refractivity contribution in [2.75, 3.05) is 19.6 Å². The quantitative estimate of drug-likeness (QED) is 0.682. The van der Waals surface area contributed by atoms with Crippen molar-refractivity contribution in [1.82, 2.24) is 9.62 Å². The van der Waals surface area contributed by atoms with E-state index in [1.807, 2.05) is 0 Å². The normalized spacial score (nSPS) is 15.7. The third kappa shape index (κ3) is 5.54. The number of carbonyl (C=O) groups is 2. The highest BCUT2D eigenvalue weighted by Crippen LogP contribution is 2.21. The first-order valence-electron chi connectivity index (χ1n) is 8.51. The van der Waals surface area contributed by atoms with E-state index < -0.39 is 16.0 Å². The van der Waals surface area contributed by atoms with Crippen molar-refractivity contribution < 1.29 is 23.1 Å². The van der Waals surface area contributed by atoms with Gasteiger partial charge in [-0.3, -0.25) is 9.59 Å². The van der Waals surface area contributed by atoms with Crippen LogP contribution in [0.4, 0.5) is 0 Å². The van der Waals surface area contributed by atoms with Crippen LogP contribution < -0.4 is 5.32 Å². The molecule has 1 amide bonds. The van der Waals surface area contributed by atoms with E-state index in [2.05, 4.69) is 5.32 Å². The SMILES string of the molecule is O=C(O)CCCCNC(=O)c1cccc(S(=O)(=O)N2CCCCC2)c1. The summed E-state index contributed by atoms with van der Waals surface area (Å²) in [5, 5.41) is 11.3. The molecule has 1 aliphatic rings. The molecule has 8 heteroatoms. The Hall–Kier alpha value is -1.93. The lowest BCUT2D eigenvalue weighted by Gasteiger charge is -2.26. The monoisotopic (exact) mass is 368 g/mol. The molecule has 2 rings (SSSR count). The molecule has 0 unspecified atom stereocenters. The van der Waals surface area contributed by atoms with Crippen molar-refractivity contribution in [3.05, 3.63) is 29.8 Å². The van der Waals surface area contributed by atoms with Gasteiger partial charge in [-0.05, 0) is 43.9 Å². The first-order valence-corrected chi connectivity index (χ1v) is 9.95. The van der Waals surface area contributed by atoms with Crippen molar-refractivity contribution >= 4 is 21.9 Å². The molecule has 2 N–H and O–H groups in total. The topological polar surface area (TPSA) is 104 Å². The Balaban J connectivity index is 1.97. The molecule has 1 heterocycles. The van der Waals surface area contributed by atoms with Crippen molar-refractivity contribution in [2.24, 2.45) is 0 Å². The van der Waals surface area contributed by atoms with Gasteiger partial charge in [-0.15, -0.1) is 0 Å². The van der Waals surface area contributed by atoms with E-state index in [4.69, 9.17) is 5.11 Å². The van der Waals surface area contributed by atoms with Gasteiger partial charge in [-0.25, -0.2) is 8.42 Å². The predicted molar refractivity (Wildman–Crippen MR) is 92.9 cm³/mol. The molecule has 1 aromatic rings. The summed E-state index contributed by atoms with van der Waals surface area (Å²) in [6.45, 7) is 1.39. The zero-order chi connectivity index (χ0) is 18.3. The van der Waals surface area contributed by atoms with Gasteiger partial charge in [0.15, 0.2) is 0 Å². The average molecular weight is 368 g/mol. The first-order chi connectivity index (χ1) is 11.9. The van der Waals surface area contributed by atoms with Crippen molar-refractivity contribution in [3.8, 4) is 0 Å². The molecule has 1 saturated heterocycles. The number of amides is 1. The van der Waals surface area contributed by atoms with Crippen molar-refractivity contribution in [2.45, 2.75) is 43.4 Å². The molecule has 0 spiro atoms. The molecule has 25 heavy (non-hydrogen) atoms. The van der Waals surface area contributed by atoms with E-state index in [1.54, 1.807) is 12.1 Å². The summed E-state index contributed by atoms with van der Waals surface area (Å²) in [7, 11) is -3.57. The van der Waals surface area contributed by atoms with Crippen LogP contribution in [0.1, 0.15) is 48.9 Å². The highest BCUT2D eigenvalue weighted by atomic mass is 32.2. The number of sulfonamides is 1. The van der Waals surface area contributed by atoms with Crippen LogP contribution in [0.3, 0.4) is 0 Å². The number of carboxylic acid groups (broad SMARTS) is 1. The van der Waals surface area contributed by atoms with Crippen LogP contribution in [-0.4, -0.2) is 49.3 Å². The summed E-state index contributed by atoms with van der Waals surface area (Å²) in [5.41, 5.74) is 0.288. The minimum atomic E-state index is -3.57. The summed E-state index contributed by atoms with van der Waals surface area (Å²) < 4.78 is 26.8. The molecule has 1 fully saturated rings. The number of nitrogens with one attached hydrogen (secondary N) is 1. The van der Waals surface area contributed by atoms with Crippen LogP contribution in [0.25, 0.3) is 0 Å². The number of hydrogen-bond acceptors (Lipinski definition) is 4. The Kier molecular flexibility index (Phi) is 6.95. The van der Waals surface area contributed by atoms with Gasteiger partial charge in [0.2, 0.25) is 10.0 Å². The van der Waals surface area contributed by atoms with E-state index in [-0.39, 0.29) is 22.8 Å². The van der Waals surface area contributed by atoms with E-state index in [0.717, 1.165) is 19.3 Å². The third-order valence-electron chi connectivity index (χ3n) is 4.15. The van der Waals surface area contributed by atoms with Crippen LogP contribution in [-0.2, 0) is 14.8 Å². The Bertz CT molecular complexity index is 712. The number of unbranched alkanes of at least 4 members (excludes halogenated alkanes) is 1. The minimum absolute atomic E-state index is 0.0689. The number of piperidine rings is 1. The second kappa shape index (κ2) is 8.96. The lowest BCUT2D eigenvalue weighted by molar-refractivity contribution is -0.137. The highest BCUT2D eigenvalue weighted by molar-refractivity contribution is 7.89. The van der Waals surface area contributed by atoms with Gasteiger partial charge in [0.25, 0.3) is 5.91 Å². The summed E-state index contributed by atoms with van der Waals surface area (Å²) in [4.78, 5) is 22.7. The number of hydrogen-bond donors (Lipinski definition) is 2. The molecule has 0 bridgehead atoms. The number of carbonyl (C=O) groups excluding carboxylic acids is 1. The second-order valence-corrected chi connectivity index (χ2v) is 8.04. The molecular weight excluding hydrogens is 344 g/mol. The third-order valence-corrected chi connectivity index (χ3v) is 6.05. The smallest absolute Gasteiger partial charge is 0.303 e.